The Kier molecular flexibility index (Phi) is 4.51. The van der Waals surface area contributed by atoms with Crippen LogP contribution in [0.15, 0.2) is 79.1 Å². The summed E-state index contributed by atoms with van der Waals surface area (Å²) < 4.78 is 1.85. The maximum absolute atomic E-state index is 12.5. The molecule has 1 N–H and O–H groups in total. The molecule has 5 heteroatoms. The Labute approximate surface area is 152 Å². The largest absolute Gasteiger partial charge is 0.364 e. The number of nitrogens with zero attached hydrogens (tertiary/aromatic N) is 3. The van der Waals surface area contributed by atoms with Gasteiger partial charge < -0.3 is 10.2 Å². The second-order valence-electron chi connectivity index (χ2n) is 6.28. The van der Waals surface area contributed by atoms with Crippen LogP contribution in [-0.4, -0.2) is 28.8 Å². The van der Waals surface area contributed by atoms with E-state index in [0.29, 0.717) is 12.1 Å². The van der Waals surface area contributed by atoms with E-state index in [-0.39, 0.29) is 5.91 Å². The van der Waals surface area contributed by atoms with Crippen LogP contribution < -0.4 is 10.2 Å². The van der Waals surface area contributed by atoms with Gasteiger partial charge in [-0.3, -0.25) is 9.48 Å². The molecule has 1 aromatic heterocycles. The first-order valence-electron chi connectivity index (χ1n) is 8.66. The molecule has 0 aliphatic carbocycles. The molecular formula is C21H20N4O. The van der Waals surface area contributed by atoms with Crippen LogP contribution in [0.25, 0.3) is 0 Å². The van der Waals surface area contributed by atoms with Gasteiger partial charge in [0.1, 0.15) is 0 Å². The molecule has 5 nitrogen and oxygen atoms in total. The van der Waals surface area contributed by atoms with Gasteiger partial charge in [0.2, 0.25) is 0 Å². The van der Waals surface area contributed by atoms with Crippen LogP contribution in [0.4, 0.5) is 11.4 Å². The topological polar surface area (TPSA) is 50.2 Å². The lowest BCUT2D eigenvalue weighted by molar-refractivity contribution is 0.102. The zero-order chi connectivity index (χ0) is 17.8. The molecule has 0 unspecified atom stereocenters. The summed E-state index contributed by atoms with van der Waals surface area (Å²) in [5.41, 5.74) is 3.65. The average Bonchev–Trinajstić information content (AvgIpc) is 3.36. The first-order chi connectivity index (χ1) is 12.8. The fraction of sp³-hybridized carbons (Fsp3) is 0.143. The van der Waals surface area contributed by atoms with Gasteiger partial charge in [0.25, 0.3) is 5.91 Å². The Morgan fingerprint density at radius 2 is 1.85 bits per heavy atom. The maximum atomic E-state index is 12.5. The highest BCUT2D eigenvalue weighted by Gasteiger charge is 2.10. The van der Waals surface area contributed by atoms with Crippen molar-refractivity contribution in [1.82, 2.24) is 9.78 Å². The lowest BCUT2D eigenvalue weighted by Crippen LogP contribution is -2.18. The van der Waals surface area contributed by atoms with Crippen molar-refractivity contribution in [3.05, 3.63) is 90.3 Å². The number of hydrogen-bond donors (Lipinski definition) is 1. The Morgan fingerprint density at radius 1 is 1.04 bits per heavy atom. The summed E-state index contributed by atoms with van der Waals surface area (Å²) in [4.78, 5) is 14.8. The molecule has 2 aromatic carbocycles. The van der Waals surface area contributed by atoms with Gasteiger partial charge in [-0.1, -0.05) is 24.3 Å². The fourth-order valence-electron chi connectivity index (χ4n) is 3.04. The zero-order valence-corrected chi connectivity index (χ0v) is 14.4. The van der Waals surface area contributed by atoms with Crippen LogP contribution in [0.2, 0.25) is 0 Å². The summed E-state index contributed by atoms with van der Waals surface area (Å²) in [5, 5.41) is 7.18. The Balaban J connectivity index is 1.42. The van der Waals surface area contributed by atoms with Gasteiger partial charge in [0.05, 0.1) is 6.54 Å². The van der Waals surface area contributed by atoms with E-state index in [2.05, 4.69) is 27.5 Å². The Morgan fingerprint density at radius 3 is 2.58 bits per heavy atom. The van der Waals surface area contributed by atoms with E-state index in [1.54, 1.807) is 6.20 Å². The summed E-state index contributed by atoms with van der Waals surface area (Å²) >= 11 is 0. The van der Waals surface area contributed by atoms with E-state index < -0.39 is 0 Å². The van der Waals surface area contributed by atoms with Gasteiger partial charge in [-0.2, -0.15) is 5.10 Å². The van der Waals surface area contributed by atoms with Crippen LogP contribution in [0.1, 0.15) is 15.9 Å². The average molecular weight is 344 g/mol. The third-order valence-corrected chi connectivity index (χ3v) is 4.40. The van der Waals surface area contributed by atoms with E-state index in [1.807, 2.05) is 65.5 Å². The number of amides is 1. The summed E-state index contributed by atoms with van der Waals surface area (Å²) in [6, 6.07) is 17.5. The van der Waals surface area contributed by atoms with Crippen molar-refractivity contribution >= 4 is 17.3 Å². The number of aromatic nitrogens is 2. The quantitative estimate of drug-likeness (QED) is 0.720. The SMILES string of the molecule is O=C(Nc1cccc(Cn2cccn2)c1)c1ccc(N2CC=CC2)cc1. The highest BCUT2D eigenvalue weighted by molar-refractivity contribution is 6.04. The molecular weight excluding hydrogens is 324 g/mol. The third-order valence-electron chi connectivity index (χ3n) is 4.40. The van der Waals surface area contributed by atoms with E-state index in [0.717, 1.165) is 30.0 Å². The summed E-state index contributed by atoms with van der Waals surface area (Å²) in [7, 11) is 0. The van der Waals surface area contributed by atoms with E-state index in [9.17, 15) is 4.79 Å². The second kappa shape index (κ2) is 7.27. The summed E-state index contributed by atoms with van der Waals surface area (Å²) in [6.45, 7) is 2.53. The smallest absolute Gasteiger partial charge is 0.255 e. The van der Waals surface area contributed by atoms with Gasteiger partial charge in [0.15, 0.2) is 0 Å². The normalized spacial score (nSPS) is 13.2. The fourth-order valence-corrected chi connectivity index (χ4v) is 3.04. The molecule has 0 atom stereocenters. The molecule has 0 saturated heterocycles. The molecule has 0 bridgehead atoms. The van der Waals surface area contributed by atoms with Gasteiger partial charge in [-0.15, -0.1) is 0 Å². The monoisotopic (exact) mass is 344 g/mol. The number of carbonyl (C=O) groups is 1. The van der Waals surface area contributed by atoms with E-state index in [4.69, 9.17) is 0 Å². The third kappa shape index (κ3) is 3.67. The first-order valence-corrected chi connectivity index (χ1v) is 8.66. The van der Waals surface area contributed by atoms with Crippen LogP contribution in [0.3, 0.4) is 0 Å². The number of anilines is 2. The number of benzene rings is 2. The minimum Gasteiger partial charge on any atom is -0.364 e. The van der Waals surface area contributed by atoms with Crippen molar-refractivity contribution in [2.75, 3.05) is 23.3 Å². The molecule has 0 fully saturated rings. The van der Waals surface area contributed by atoms with Crippen molar-refractivity contribution in [1.29, 1.82) is 0 Å². The minimum atomic E-state index is -0.104. The molecule has 4 rings (SSSR count). The lowest BCUT2D eigenvalue weighted by atomic mass is 10.1. The number of nitrogens with one attached hydrogen (secondary N) is 1. The molecule has 130 valence electrons. The predicted molar refractivity (Wildman–Crippen MR) is 104 cm³/mol. The highest BCUT2D eigenvalue weighted by Crippen LogP contribution is 2.19. The molecule has 0 radical (unpaired) electrons. The van der Waals surface area contributed by atoms with Gasteiger partial charge >= 0.3 is 0 Å². The molecule has 26 heavy (non-hydrogen) atoms. The first kappa shape index (κ1) is 16.1. The van der Waals surface area contributed by atoms with E-state index in [1.165, 1.54) is 0 Å². The van der Waals surface area contributed by atoms with Crippen molar-refractivity contribution in [3.63, 3.8) is 0 Å². The summed E-state index contributed by atoms with van der Waals surface area (Å²) in [6.07, 6.45) is 7.98. The van der Waals surface area contributed by atoms with Gasteiger partial charge in [-0.05, 0) is 48.0 Å². The number of rotatable bonds is 5. The van der Waals surface area contributed by atoms with Gasteiger partial charge in [-0.25, -0.2) is 0 Å². The van der Waals surface area contributed by atoms with Crippen molar-refractivity contribution < 1.29 is 4.79 Å². The van der Waals surface area contributed by atoms with Crippen LogP contribution in [0.5, 0.6) is 0 Å². The molecule has 1 amide bonds. The van der Waals surface area contributed by atoms with Crippen molar-refractivity contribution in [3.8, 4) is 0 Å². The van der Waals surface area contributed by atoms with Crippen LogP contribution in [-0.2, 0) is 6.54 Å². The van der Waals surface area contributed by atoms with Crippen LogP contribution in [0, 0.1) is 0 Å². The Bertz CT molecular complexity index is 905. The highest BCUT2D eigenvalue weighted by atomic mass is 16.1. The molecule has 0 spiro atoms. The number of hydrogen-bond acceptors (Lipinski definition) is 3. The van der Waals surface area contributed by atoms with Crippen LogP contribution >= 0.6 is 0 Å². The zero-order valence-electron chi connectivity index (χ0n) is 14.4. The molecule has 3 aromatic rings. The second-order valence-corrected chi connectivity index (χ2v) is 6.28. The Hall–Kier alpha value is -3.34. The number of carbonyl (C=O) groups excluding carboxylic acids is 1. The molecule has 1 aliphatic heterocycles. The van der Waals surface area contributed by atoms with Gasteiger partial charge in [0, 0.05) is 42.4 Å². The maximum Gasteiger partial charge on any atom is 0.255 e. The minimum absolute atomic E-state index is 0.104. The summed E-state index contributed by atoms with van der Waals surface area (Å²) in [5.74, 6) is -0.104. The standard InChI is InChI=1S/C21H20N4O/c26-21(18-7-9-20(10-8-18)24-12-1-2-13-24)23-19-6-3-5-17(15-19)16-25-14-4-11-22-25/h1-11,14-15H,12-13,16H2,(H,23,26). The van der Waals surface area contributed by atoms with Crippen molar-refractivity contribution in [2.45, 2.75) is 6.54 Å². The predicted octanol–water partition coefficient (Wildman–Crippen LogP) is 3.56. The van der Waals surface area contributed by atoms with Crippen molar-refractivity contribution in [2.24, 2.45) is 0 Å². The lowest BCUT2D eigenvalue weighted by Gasteiger charge is -2.17. The molecule has 0 saturated carbocycles. The molecule has 1 aliphatic rings. The van der Waals surface area contributed by atoms with E-state index >= 15 is 0 Å². The molecule has 2 heterocycles.